The highest BCUT2D eigenvalue weighted by Crippen LogP contribution is 2.33. The minimum absolute atomic E-state index is 0.194. The minimum Gasteiger partial charge on any atom is -0.493 e. The van der Waals surface area contributed by atoms with E-state index in [2.05, 4.69) is 4.99 Å². The maximum absolute atomic E-state index is 12.8. The summed E-state index contributed by atoms with van der Waals surface area (Å²) in [5.74, 6) is 0.543. The summed E-state index contributed by atoms with van der Waals surface area (Å²) in [4.78, 5) is 17.7. The quantitative estimate of drug-likeness (QED) is 0.726. The standard InChI is InChI=1S/C18H25N3O5S2/c1-5-21-13-9-14(25-2)15(26-3)10-16(13)27-18(21)19-17(22)12-7-6-8-20(11-12)28(4,23)24/h9-10,12H,5-8,11H2,1-4H3. The minimum atomic E-state index is -3.30. The van der Waals surface area contributed by atoms with Crippen LogP contribution in [0.2, 0.25) is 0 Å². The third-order valence-corrected chi connectivity index (χ3v) is 7.22. The predicted octanol–water partition coefficient (Wildman–Crippen LogP) is 1.84. The lowest BCUT2D eigenvalue weighted by Gasteiger charge is -2.28. The maximum Gasteiger partial charge on any atom is 0.252 e. The van der Waals surface area contributed by atoms with E-state index >= 15 is 0 Å². The van der Waals surface area contributed by atoms with Crippen LogP contribution >= 0.6 is 11.3 Å². The van der Waals surface area contributed by atoms with E-state index in [0.29, 0.717) is 42.2 Å². The normalized spacial score (nSPS) is 19.1. The number of methoxy groups -OCH3 is 2. The Kier molecular flexibility index (Phi) is 6.11. The number of carbonyl (C=O) groups is 1. The second-order valence-corrected chi connectivity index (χ2v) is 9.71. The number of carbonyl (C=O) groups excluding carboxylic acids is 1. The summed E-state index contributed by atoms with van der Waals surface area (Å²) >= 11 is 1.40. The summed E-state index contributed by atoms with van der Waals surface area (Å²) in [6.07, 6.45) is 2.48. The molecule has 1 aliphatic heterocycles. The molecule has 1 saturated heterocycles. The Morgan fingerprint density at radius 2 is 1.96 bits per heavy atom. The molecular formula is C18H25N3O5S2. The fourth-order valence-electron chi connectivity index (χ4n) is 3.42. The van der Waals surface area contributed by atoms with Gasteiger partial charge in [-0.05, 0) is 19.8 Å². The number of hydrogen-bond acceptors (Lipinski definition) is 6. The third kappa shape index (κ3) is 4.08. The molecule has 2 heterocycles. The van der Waals surface area contributed by atoms with Gasteiger partial charge in [0.25, 0.3) is 5.91 Å². The number of hydrogen-bond donors (Lipinski definition) is 0. The molecule has 1 amide bonds. The number of sulfonamides is 1. The zero-order chi connectivity index (χ0) is 20.5. The lowest BCUT2D eigenvalue weighted by Crippen LogP contribution is -2.41. The average Bonchev–Trinajstić information content (AvgIpc) is 3.01. The van der Waals surface area contributed by atoms with Gasteiger partial charge in [-0.15, -0.1) is 0 Å². The van der Waals surface area contributed by atoms with Crippen molar-refractivity contribution in [3.8, 4) is 11.5 Å². The van der Waals surface area contributed by atoms with Crippen LogP contribution in [-0.2, 0) is 21.4 Å². The number of nitrogens with zero attached hydrogens (tertiary/aromatic N) is 3. The van der Waals surface area contributed by atoms with Crippen LogP contribution in [0, 0.1) is 5.92 Å². The number of piperidine rings is 1. The number of fused-ring (bicyclic) bond motifs is 1. The van der Waals surface area contributed by atoms with Crippen LogP contribution in [0.15, 0.2) is 17.1 Å². The average molecular weight is 428 g/mol. The number of thiazole rings is 1. The number of rotatable bonds is 5. The Bertz CT molecular complexity index is 1060. The van der Waals surface area contributed by atoms with Gasteiger partial charge in [0, 0.05) is 31.8 Å². The third-order valence-electron chi connectivity index (χ3n) is 4.91. The van der Waals surface area contributed by atoms with E-state index in [-0.39, 0.29) is 12.5 Å². The van der Waals surface area contributed by atoms with Gasteiger partial charge < -0.3 is 14.0 Å². The van der Waals surface area contributed by atoms with Crippen LogP contribution < -0.4 is 14.3 Å². The fourth-order valence-corrected chi connectivity index (χ4v) is 5.44. The van der Waals surface area contributed by atoms with E-state index < -0.39 is 15.9 Å². The van der Waals surface area contributed by atoms with Crippen LogP contribution in [0.25, 0.3) is 10.2 Å². The van der Waals surface area contributed by atoms with E-state index in [1.54, 1.807) is 14.2 Å². The summed E-state index contributed by atoms with van der Waals surface area (Å²) < 4.78 is 38.6. The number of benzene rings is 1. The monoisotopic (exact) mass is 427 g/mol. The second-order valence-electron chi connectivity index (χ2n) is 6.71. The number of aromatic nitrogens is 1. The summed E-state index contributed by atoms with van der Waals surface area (Å²) in [6.45, 7) is 3.28. The molecule has 154 valence electrons. The zero-order valence-corrected chi connectivity index (χ0v) is 18.1. The van der Waals surface area contributed by atoms with E-state index in [9.17, 15) is 13.2 Å². The van der Waals surface area contributed by atoms with Gasteiger partial charge in [-0.25, -0.2) is 12.7 Å². The molecule has 0 spiro atoms. The molecule has 0 saturated carbocycles. The highest BCUT2D eigenvalue weighted by Gasteiger charge is 2.30. The van der Waals surface area contributed by atoms with Gasteiger partial charge in [-0.2, -0.15) is 4.99 Å². The van der Waals surface area contributed by atoms with Crippen molar-refractivity contribution >= 4 is 37.5 Å². The van der Waals surface area contributed by atoms with Gasteiger partial charge in [-0.1, -0.05) is 11.3 Å². The van der Waals surface area contributed by atoms with Gasteiger partial charge in [0.1, 0.15) is 0 Å². The number of aryl methyl sites for hydroxylation is 1. The van der Waals surface area contributed by atoms with Crippen LogP contribution in [-0.4, -0.2) is 56.8 Å². The molecule has 28 heavy (non-hydrogen) atoms. The highest BCUT2D eigenvalue weighted by atomic mass is 32.2. The molecule has 0 radical (unpaired) electrons. The second kappa shape index (κ2) is 8.22. The maximum atomic E-state index is 12.8. The van der Waals surface area contributed by atoms with Crippen molar-refractivity contribution in [1.82, 2.24) is 8.87 Å². The van der Waals surface area contributed by atoms with E-state index in [1.165, 1.54) is 21.9 Å². The lowest BCUT2D eigenvalue weighted by molar-refractivity contribution is -0.122. The van der Waals surface area contributed by atoms with Crippen LogP contribution in [0.4, 0.5) is 0 Å². The van der Waals surface area contributed by atoms with Crippen molar-refractivity contribution in [2.45, 2.75) is 26.3 Å². The molecule has 0 aliphatic carbocycles. The van der Waals surface area contributed by atoms with E-state index in [4.69, 9.17) is 9.47 Å². The topological polar surface area (TPSA) is 90.2 Å². The summed E-state index contributed by atoms with van der Waals surface area (Å²) in [6, 6.07) is 3.75. The molecule has 1 fully saturated rings. The van der Waals surface area contributed by atoms with Gasteiger partial charge in [0.05, 0.1) is 36.6 Å². The Labute approximate surface area is 168 Å². The summed E-state index contributed by atoms with van der Waals surface area (Å²) in [5.41, 5.74) is 0.915. The van der Waals surface area contributed by atoms with Crippen molar-refractivity contribution in [3.63, 3.8) is 0 Å². The Hall–Kier alpha value is -1.91. The van der Waals surface area contributed by atoms with Gasteiger partial charge in [-0.3, -0.25) is 4.79 Å². The number of amides is 1. The Morgan fingerprint density at radius 3 is 2.57 bits per heavy atom. The molecule has 2 aromatic rings. The van der Waals surface area contributed by atoms with Crippen molar-refractivity contribution in [3.05, 3.63) is 16.9 Å². The molecule has 0 N–H and O–H groups in total. The highest BCUT2D eigenvalue weighted by molar-refractivity contribution is 7.88. The SMILES string of the molecule is CCn1c(=NC(=O)C2CCCN(S(C)(=O)=O)C2)sc2cc(OC)c(OC)cc21. The zero-order valence-electron chi connectivity index (χ0n) is 16.5. The molecule has 0 bridgehead atoms. The van der Waals surface area contributed by atoms with E-state index in [0.717, 1.165) is 10.2 Å². The van der Waals surface area contributed by atoms with Crippen molar-refractivity contribution in [1.29, 1.82) is 0 Å². The van der Waals surface area contributed by atoms with Crippen LogP contribution in [0.5, 0.6) is 11.5 Å². The van der Waals surface area contributed by atoms with Crippen molar-refractivity contribution in [2.24, 2.45) is 10.9 Å². The molecule has 1 aliphatic rings. The lowest BCUT2D eigenvalue weighted by atomic mass is 9.99. The molecule has 8 nitrogen and oxygen atoms in total. The fraction of sp³-hybridized carbons (Fsp3) is 0.556. The van der Waals surface area contributed by atoms with Crippen LogP contribution in [0.3, 0.4) is 0 Å². The van der Waals surface area contributed by atoms with Gasteiger partial charge in [0.2, 0.25) is 10.0 Å². The van der Waals surface area contributed by atoms with E-state index in [1.807, 2.05) is 23.6 Å². The van der Waals surface area contributed by atoms with Gasteiger partial charge in [0.15, 0.2) is 16.3 Å². The van der Waals surface area contributed by atoms with Crippen molar-refractivity contribution in [2.75, 3.05) is 33.6 Å². The largest absolute Gasteiger partial charge is 0.493 e. The Balaban J connectivity index is 2.00. The van der Waals surface area contributed by atoms with Gasteiger partial charge >= 0.3 is 0 Å². The molecule has 1 aromatic heterocycles. The predicted molar refractivity (Wildman–Crippen MR) is 108 cm³/mol. The van der Waals surface area contributed by atoms with Crippen LogP contribution in [0.1, 0.15) is 19.8 Å². The molecule has 3 rings (SSSR count). The summed E-state index contributed by atoms with van der Waals surface area (Å²) in [7, 11) is -0.144. The molecule has 1 aromatic carbocycles. The van der Waals surface area contributed by atoms with Crippen molar-refractivity contribution < 1.29 is 22.7 Å². The first-order chi connectivity index (χ1) is 13.3. The first-order valence-corrected chi connectivity index (χ1v) is 11.7. The first kappa shape index (κ1) is 20.8. The molecular weight excluding hydrogens is 402 g/mol. The molecule has 1 atom stereocenters. The molecule has 1 unspecified atom stereocenters. The molecule has 10 heteroatoms. The Morgan fingerprint density at radius 1 is 1.29 bits per heavy atom. The smallest absolute Gasteiger partial charge is 0.252 e. The summed E-state index contributed by atoms with van der Waals surface area (Å²) in [5, 5.41) is 0. The number of ether oxygens (including phenoxy) is 2. The first-order valence-electron chi connectivity index (χ1n) is 9.07.